The third-order valence-electron chi connectivity index (χ3n) is 7.42. The largest absolute Gasteiger partial charge is 0.481 e. The van der Waals surface area contributed by atoms with Crippen LogP contribution in [0.4, 0.5) is 0 Å². The number of carbonyl (C=O) groups excluding carboxylic acids is 3. The maximum atomic E-state index is 12.5. The van der Waals surface area contributed by atoms with Crippen molar-refractivity contribution in [3.05, 3.63) is 0 Å². The standard InChI is InChI=1S/C33H60N2O9/c1-2-28(36)27-44-26-25-43-24-23-34-33(42)29(21-22-32(40)41)35-30(37)19-17-15-13-11-9-7-5-3-4-6-8-10-12-14-16-18-20-31(38)39/h29H,2-27H2,1H3,(H,34,42)(H,35,37)(H,38,39)(H,40,41)/t29-/m0/s1. The number of carboxylic acid groups (broad SMARTS) is 2. The van der Waals surface area contributed by atoms with Gasteiger partial charge in [-0.15, -0.1) is 0 Å². The van der Waals surface area contributed by atoms with Gasteiger partial charge in [-0.1, -0.05) is 96.8 Å². The fourth-order valence-electron chi connectivity index (χ4n) is 4.72. The highest BCUT2D eigenvalue weighted by Crippen LogP contribution is 2.14. The van der Waals surface area contributed by atoms with Crippen molar-refractivity contribution in [2.45, 2.75) is 148 Å². The van der Waals surface area contributed by atoms with Gasteiger partial charge in [0.05, 0.1) is 19.8 Å². The monoisotopic (exact) mass is 628 g/mol. The van der Waals surface area contributed by atoms with Crippen LogP contribution in [0.25, 0.3) is 0 Å². The summed E-state index contributed by atoms with van der Waals surface area (Å²) >= 11 is 0. The lowest BCUT2D eigenvalue weighted by atomic mass is 10.0. The summed E-state index contributed by atoms with van der Waals surface area (Å²) in [5.74, 6) is -2.38. The van der Waals surface area contributed by atoms with Crippen LogP contribution in [-0.4, -0.2) is 78.8 Å². The molecule has 0 aliphatic rings. The Bertz CT molecular complexity index is 776. The summed E-state index contributed by atoms with van der Waals surface area (Å²) in [6.07, 6.45) is 19.0. The first kappa shape index (κ1) is 41.5. The SMILES string of the molecule is CCC(=O)COCCOCCNC(=O)[C@H](CCC(=O)O)NC(=O)CCCCCCCCCCCCCCCCCCC(=O)O. The first-order chi connectivity index (χ1) is 21.3. The second-order valence-electron chi connectivity index (χ2n) is 11.5. The first-order valence-corrected chi connectivity index (χ1v) is 16.9. The van der Waals surface area contributed by atoms with Crippen LogP contribution in [0.1, 0.15) is 142 Å². The molecule has 0 aliphatic heterocycles. The molecule has 0 aromatic heterocycles. The Morgan fingerprint density at radius 3 is 1.52 bits per heavy atom. The third-order valence-corrected chi connectivity index (χ3v) is 7.42. The zero-order chi connectivity index (χ0) is 32.7. The van der Waals surface area contributed by atoms with Gasteiger partial charge in [0.2, 0.25) is 11.8 Å². The van der Waals surface area contributed by atoms with Crippen molar-refractivity contribution in [2.75, 3.05) is 33.0 Å². The summed E-state index contributed by atoms with van der Waals surface area (Å²) in [5, 5.41) is 23.0. The summed E-state index contributed by atoms with van der Waals surface area (Å²) < 4.78 is 10.5. The van der Waals surface area contributed by atoms with Crippen LogP contribution in [0.3, 0.4) is 0 Å². The van der Waals surface area contributed by atoms with Gasteiger partial charge in [0, 0.05) is 32.2 Å². The van der Waals surface area contributed by atoms with Gasteiger partial charge in [0.15, 0.2) is 5.78 Å². The van der Waals surface area contributed by atoms with E-state index in [1.165, 1.54) is 57.8 Å². The number of Topliss-reactive ketones (excluding diaryl/α,β-unsaturated/α-hetero) is 1. The van der Waals surface area contributed by atoms with E-state index < -0.39 is 23.9 Å². The zero-order valence-corrected chi connectivity index (χ0v) is 27.2. The van der Waals surface area contributed by atoms with Crippen LogP contribution in [-0.2, 0) is 33.4 Å². The van der Waals surface area contributed by atoms with Crippen LogP contribution in [0.15, 0.2) is 0 Å². The second-order valence-corrected chi connectivity index (χ2v) is 11.5. The summed E-state index contributed by atoms with van der Waals surface area (Å²) in [6, 6.07) is -0.905. The summed E-state index contributed by atoms with van der Waals surface area (Å²) in [7, 11) is 0. The predicted molar refractivity (Wildman–Crippen MR) is 169 cm³/mol. The Morgan fingerprint density at radius 1 is 0.591 bits per heavy atom. The van der Waals surface area contributed by atoms with Gasteiger partial charge in [0.1, 0.15) is 12.6 Å². The molecule has 11 heteroatoms. The number of hydrogen-bond donors (Lipinski definition) is 4. The molecular formula is C33H60N2O9. The lowest BCUT2D eigenvalue weighted by molar-refractivity contribution is -0.138. The number of carbonyl (C=O) groups is 5. The fourth-order valence-corrected chi connectivity index (χ4v) is 4.72. The van der Waals surface area contributed by atoms with Gasteiger partial charge in [0.25, 0.3) is 0 Å². The molecular weight excluding hydrogens is 568 g/mol. The van der Waals surface area contributed by atoms with E-state index in [9.17, 15) is 24.0 Å². The molecule has 0 aromatic rings. The Hall–Kier alpha value is -2.53. The van der Waals surface area contributed by atoms with E-state index in [0.717, 1.165) is 44.9 Å². The van der Waals surface area contributed by atoms with E-state index in [1.54, 1.807) is 6.92 Å². The summed E-state index contributed by atoms with van der Waals surface area (Å²) in [4.78, 5) is 57.6. The third kappa shape index (κ3) is 29.5. The molecule has 11 nitrogen and oxygen atoms in total. The maximum absolute atomic E-state index is 12.5. The number of aliphatic carboxylic acids is 2. The number of unbranched alkanes of at least 4 members (excludes halogenated alkanes) is 15. The first-order valence-electron chi connectivity index (χ1n) is 16.9. The predicted octanol–water partition coefficient (Wildman–Crippen LogP) is 5.57. The summed E-state index contributed by atoms with van der Waals surface area (Å²) in [5.41, 5.74) is 0. The number of nitrogens with one attached hydrogen (secondary N) is 2. The Labute approximate surface area is 264 Å². The van der Waals surface area contributed by atoms with E-state index in [2.05, 4.69) is 10.6 Å². The minimum Gasteiger partial charge on any atom is -0.481 e. The minimum absolute atomic E-state index is 0.0171. The quantitative estimate of drug-likeness (QED) is 0.0679. The lowest BCUT2D eigenvalue weighted by Crippen LogP contribution is -2.47. The van der Waals surface area contributed by atoms with E-state index >= 15 is 0 Å². The van der Waals surface area contributed by atoms with Gasteiger partial charge in [-0.3, -0.25) is 24.0 Å². The Morgan fingerprint density at radius 2 is 1.05 bits per heavy atom. The van der Waals surface area contributed by atoms with Crippen molar-refractivity contribution in [1.82, 2.24) is 10.6 Å². The highest BCUT2D eigenvalue weighted by Gasteiger charge is 2.21. The number of ether oxygens (including phenoxy) is 2. The minimum atomic E-state index is -1.03. The van der Waals surface area contributed by atoms with Gasteiger partial charge in [-0.25, -0.2) is 0 Å². The Balaban J connectivity index is 3.80. The second kappa shape index (κ2) is 30.5. The van der Waals surface area contributed by atoms with E-state index in [-0.39, 0.29) is 57.5 Å². The van der Waals surface area contributed by atoms with E-state index in [0.29, 0.717) is 19.3 Å². The van der Waals surface area contributed by atoms with Crippen molar-refractivity contribution < 1.29 is 43.7 Å². The molecule has 0 heterocycles. The average Bonchev–Trinajstić information content (AvgIpc) is 2.99. The van der Waals surface area contributed by atoms with Crippen LogP contribution < -0.4 is 10.6 Å². The molecule has 0 spiro atoms. The van der Waals surface area contributed by atoms with Crippen molar-refractivity contribution in [2.24, 2.45) is 0 Å². The molecule has 44 heavy (non-hydrogen) atoms. The van der Waals surface area contributed by atoms with E-state index in [4.69, 9.17) is 19.7 Å². The smallest absolute Gasteiger partial charge is 0.303 e. The van der Waals surface area contributed by atoms with Gasteiger partial charge >= 0.3 is 11.9 Å². The highest BCUT2D eigenvalue weighted by molar-refractivity contribution is 5.88. The number of rotatable bonds is 33. The molecule has 0 unspecified atom stereocenters. The average molecular weight is 629 g/mol. The molecule has 0 bridgehead atoms. The van der Waals surface area contributed by atoms with Crippen LogP contribution >= 0.6 is 0 Å². The highest BCUT2D eigenvalue weighted by atomic mass is 16.5. The molecule has 4 N–H and O–H groups in total. The van der Waals surface area contributed by atoms with Crippen LogP contribution in [0.2, 0.25) is 0 Å². The molecule has 0 aromatic carbocycles. The molecule has 0 saturated heterocycles. The topological polar surface area (TPSA) is 168 Å². The van der Waals surface area contributed by atoms with Crippen molar-refractivity contribution in [1.29, 1.82) is 0 Å². The van der Waals surface area contributed by atoms with Gasteiger partial charge < -0.3 is 30.3 Å². The fraction of sp³-hybridized carbons (Fsp3) is 0.848. The molecule has 0 radical (unpaired) electrons. The van der Waals surface area contributed by atoms with Crippen molar-refractivity contribution in [3.63, 3.8) is 0 Å². The molecule has 0 saturated carbocycles. The molecule has 0 aliphatic carbocycles. The van der Waals surface area contributed by atoms with Gasteiger partial charge in [-0.2, -0.15) is 0 Å². The molecule has 0 fully saturated rings. The maximum Gasteiger partial charge on any atom is 0.303 e. The van der Waals surface area contributed by atoms with Crippen LogP contribution in [0, 0.1) is 0 Å². The van der Waals surface area contributed by atoms with Gasteiger partial charge in [-0.05, 0) is 19.3 Å². The van der Waals surface area contributed by atoms with Crippen LogP contribution in [0.5, 0.6) is 0 Å². The molecule has 2 amide bonds. The number of amides is 2. The number of ketones is 1. The number of hydrogen-bond acceptors (Lipinski definition) is 7. The van der Waals surface area contributed by atoms with E-state index in [1.807, 2.05) is 0 Å². The Kier molecular flexibility index (Phi) is 28.7. The van der Waals surface area contributed by atoms with Crippen molar-refractivity contribution >= 4 is 29.5 Å². The zero-order valence-electron chi connectivity index (χ0n) is 27.2. The molecule has 1 atom stereocenters. The normalized spacial score (nSPS) is 11.7. The number of carboxylic acids is 2. The molecule has 256 valence electrons. The lowest BCUT2D eigenvalue weighted by Gasteiger charge is -2.18. The molecule has 0 rings (SSSR count). The summed E-state index contributed by atoms with van der Waals surface area (Å²) in [6.45, 7) is 2.84. The van der Waals surface area contributed by atoms with Crippen molar-refractivity contribution in [3.8, 4) is 0 Å².